The average molecular weight is 529 g/mol. The lowest BCUT2D eigenvalue weighted by Gasteiger charge is -2.20. The van der Waals surface area contributed by atoms with E-state index in [2.05, 4.69) is 5.32 Å². The molecule has 1 heterocycles. The van der Waals surface area contributed by atoms with Gasteiger partial charge >= 0.3 is 5.97 Å². The molecule has 1 spiro atoms. The molecule has 190 valence electrons. The van der Waals surface area contributed by atoms with Gasteiger partial charge in [0.1, 0.15) is 11.9 Å². The van der Waals surface area contributed by atoms with Gasteiger partial charge in [-0.05, 0) is 54.3 Å². The van der Waals surface area contributed by atoms with Crippen molar-refractivity contribution in [2.24, 2.45) is 0 Å². The van der Waals surface area contributed by atoms with Gasteiger partial charge in [0.05, 0.1) is 28.8 Å². The molecule has 1 saturated carbocycles. The summed E-state index contributed by atoms with van der Waals surface area (Å²) >= 11 is 5.95. The molecule has 1 N–H and O–H groups in total. The van der Waals surface area contributed by atoms with E-state index in [1.807, 2.05) is 0 Å². The van der Waals surface area contributed by atoms with Crippen LogP contribution in [0.15, 0.2) is 54.6 Å². The number of ether oxygens (including phenoxy) is 1. The Morgan fingerprint density at radius 2 is 1.76 bits per heavy atom. The van der Waals surface area contributed by atoms with E-state index in [0.717, 1.165) is 19.2 Å². The Kier molecular flexibility index (Phi) is 6.19. The number of rotatable bonds is 6. The van der Waals surface area contributed by atoms with E-state index < -0.39 is 46.3 Å². The summed E-state index contributed by atoms with van der Waals surface area (Å²) in [5.41, 5.74) is 0.0591. The highest BCUT2D eigenvalue weighted by molar-refractivity contribution is 6.33. The fourth-order valence-electron chi connectivity index (χ4n) is 4.73. The third kappa shape index (κ3) is 4.13. The molecule has 3 aromatic rings. The monoisotopic (exact) mass is 528 g/mol. The van der Waals surface area contributed by atoms with Crippen LogP contribution in [0.3, 0.4) is 0 Å². The van der Waals surface area contributed by atoms with Crippen molar-refractivity contribution in [1.29, 1.82) is 0 Å². The van der Waals surface area contributed by atoms with Crippen molar-refractivity contribution in [3.8, 4) is 0 Å². The summed E-state index contributed by atoms with van der Waals surface area (Å²) in [6.45, 7) is 0. The zero-order valence-electron chi connectivity index (χ0n) is 19.5. The number of hydrogen-bond acceptors (Lipinski definition) is 4. The first-order valence-electron chi connectivity index (χ1n) is 11.4. The predicted molar refractivity (Wildman–Crippen MR) is 129 cm³/mol. The number of anilines is 2. The number of nitrogens with one attached hydrogen (secondary N) is 1. The quantitative estimate of drug-likeness (QED) is 0.458. The molecule has 5 rings (SSSR count). The van der Waals surface area contributed by atoms with Crippen LogP contribution in [0, 0.1) is 17.5 Å². The second-order valence-corrected chi connectivity index (χ2v) is 9.40. The van der Waals surface area contributed by atoms with E-state index in [-0.39, 0.29) is 23.0 Å². The Bertz CT molecular complexity index is 1420. The molecule has 0 radical (unpaired) electrons. The molecule has 10 heteroatoms. The lowest BCUT2D eigenvalue weighted by Crippen LogP contribution is -2.43. The van der Waals surface area contributed by atoms with Crippen LogP contribution in [-0.2, 0) is 26.2 Å². The molecule has 0 saturated heterocycles. The van der Waals surface area contributed by atoms with Gasteiger partial charge in [-0.15, -0.1) is 0 Å². The molecule has 2 aliphatic rings. The molecule has 1 unspecified atom stereocenters. The SMILES string of the molecule is COC(=O)C(Cc1ccc(N2C(=O)C3(CC3)c3ccc(F)c(F)c32)cc1)NC(=O)c1c(F)cccc1Cl. The number of fused-ring (bicyclic) bond motifs is 2. The summed E-state index contributed by atoms with van der Waals surface area (Å²) in [5.74, 6) is -4.94. The van der Waals surface area contributed by atoms with Gasteiger partial charge in [0.2, 0.25) is 5.91 Å². The van der Waals surface area contributed by atoms with Crippen LogP contribution in [0.25, 0.3) is 0 Å². The second kappa shape index (κ2) is 9.23. The van der Waals surface area contributed by atoms with Gasteiger partial charge in [-0.25, -0.2) is 18.0 Å². The molecule has 37 heavy (non-hydrogen) atoms. The van der Waals surface area contributed by atoms with E-state index in [1.165, 1.54) is 23.1 Å². The summed E-state index contributed by atoms with van der Waals surface area (Å²) in [5, 5.41) is 2.33. The standard InChI is InChI=1S/C27H20ClF3N2O4/c1-37-25(35)20(32-24(34)21-17(28)3-2-4-18(21)29)13-14-5-7-15(8-6-14)33-23-16(9-10-19(30)22(23)31)27(11-12-27)26(33)36/h2-10,20H,11-13H2,1H3,(H,32,34). The van der Waals surface area contributed by atoms with E-state index in [9.17, 15) is 27.6 Å². The molecule has 0 aromatic heterocycles. The van der Waals surface area contributed by atoms with Crippen molar-refractivity contribution < 1.29 is 32.3 Å². The molecule has 1 fully saturated rings. The maximum atomic E-state index is 14.8. The van der Waals surface area contributed by atoms with Gasteiger partial charge in [0.15, 0.2) is 11.6 Å². The molecule has 0 bridgehead atoms. The van der Waals surface area contributed by atoms with Gasteiger partial charge in [-0.2, -0.15) is 0 Å². The molecular weight excluding hydrogens is 509 g/mol. The second-order valence-electron chi connectivity index (χ2n) is 9.00. The van der Waals surface area contributed by atoms with Crippen LogP contribution >= 0.6 is 11.6 Å². The number of esters is 1. The predicted octanol–water partition coefficient (Wildman–Crippen LogP) is 4.98. The van der Waals surface area contributed by atoms with E-state index in [0.29, 0.717) is 29.7 Å². The van der Waals surface area contributed by atoms with Crippen LogP contribution in [0.1, 0.15) is 34.3 Å². The number of carbonyl (C=O) groups is 3. The zero-order chi connectivity index (χ0) is 26.5. The topological polar surface area (TPSA) is 75.7 Å². The fourth-order valence-corrected chi connectivity index (χ4v) is 4.98. The molecule has 3 aromatic carbocycles. The summed E-state index contributed by atoms with van der Waals surface area (Å²) in [7, 11) is 1.15. The summed E-state index contributed by atoms with van der Waals surface area (Å²) in [6.07, 6.45) is 1.10. The number of halogens is 4. The minimum atomic E-state index is -1.17. The molecule has 1 atom stereocenters. The normalized spacial score (nSPS) is 15.9. The smallest absolute Gasteiger partial charge is 0.328 e. The molecule has 2 amide bonds. The van der Waals surface area contributed by atoms with Crippen LogP contribution in [0.5, 0.6) is 0 Å². The molecule has 1 aliphatic carbocycles. The maximum Gasteiger partial charge on any atom is 0.328 e. The van der Waals surface area contributed by atoms with Crippen molar-refractivity contribution in [2.45, 2.75) is 30.7 Å². The number of benzene rings is 3. The Morgan fingerprint density at radius 1 is 1.05 bits per heavy atom. The van der Waals surface area contributed by atoms with Crippen LogP contribution in [0.2, 0.25) is 5.02 Å². The molecule has 1 aliphatic heterocycles. The number of nitrogens with zero attached hydrogens (tertiary/aromatic N) is 1. The highest BCUT2D eigenvalue weighted by Gasteiger charge is 2.60. The van der Waals surface area contributed by atoms with Crippen molar-refractivity contribution in [3.63, 3.8) is 0 Å². The highest BCUT2D eigenvalue weighted by atomic mass is 35.5. The van der Waals surface area contributed by atoms with Crippen molar-refractivity contribution in [1.82, 2.24) is 5.32 Å². The van der Waals surface area contributed by atoms with Crippen LogP contribution in [0.4, 0.5) is 24.5 Å². The van der Waals surface area contributed by atoms with Gasteiger partial charge in [0, 0.05) is 12.1 Å². The van der Waals surface area contributed by atoms with Gasteiger partial charge < -0.3 is 10.1 Å². The fraction of sp³-hybridized carbons (Fsp3) is 0.222. The Morgan fingerprint density at radius 3 is 2.38 bits per heavy atom. The summed E-state index contributed by atoms with van der Waals surface area (Å²) < 4.78 is 47.8. The van der Waals surface area contributed by atoms with Gasteiger partial charge in [-0.1, -0.05) is 35.9 Å². The van der Waals surface area contributed by atoms with Crippen molar-refractivity contribution >= 4 is 40.8 Å². The van der Waals surface area contributed by atoms with Crippen LogP contribution < -0.4 is 10.2 Å². The number of carbonyl (C=O) groups excluding carboxylic acids is 3. The first-order valence-corrected chi connectivity index (χ1v) is 11.8. The number of amides is 2. The maximum absolute atomic E-state index is 14.8. The average Bonchev–Trinajstić information content (AvgIpc) is 3.64. The van der Waals surface area contributed by atoms with Gasteiger partial charge in [0.25, 0.3) is 5.91 Å². The molecule has 6 nitrogen and oxygen atoms in total. The molecular formula is C27H20ClF3N2O4. The largest absolute Gasteiger partial charge is 0.467 e. The lowest BCUT2D eigenvalue weighted by molar-refractivity contribution is -0.142. The van der Waals surface area contributed by atoms with Gasteiger partial charge in [-0.3, -0.25) is 14.5 Å². The Labute approximate surface area is 215 Å². The first-order chi connectivity index (χ1) is 17.7. The third-order valence-electron chi connectivity index (χ3n) is 6.79. The summed E-state index contributed by atoms with van der Waals surface area (Å²) in [6, 6.07) is 11.4. The third-order valence-corrected chi connectivity index (χ3v) is 7.10. The van der Waals surface area contributed by atoms with Crippen LogP contribution in [-0.4, -0.2) is 30.9 Å². The first kappa shape index (κ1) is 24.8. The van der Waals surface area contributed by atoms with E-state index in [1.54, 1.807) is 24.3 Å². The van der Waals surface area contributed by atoms with E-state index >= 15 is 0 Å². The highest BCUT2D eigenvalue weighted by Crippen LogP contribution is 2.59. The minimum absolute atomic E-state index is 0.0256. The van der Waals surface area contributed by atoms with E-state index in [4.69, 9.17) is 16.3 Å². The Balaban J connectivity index is 1.40. The number of methoxy groups -OCH3 is 1. The summed E-state index contributed by atoms with van der Waals surface area (Å²) in [4.78, 5) is 39.4. The van der Waals surface area contributed by atoms with Crippen molar-refractivity contribution in [3.05, 3.63) is 93.8 Å². The lowest BCUT2D eigenvalue weighted by atomic mass is 9.98. The number of hydrogen-bond donors (Lipinski definition) is 1. The Hall–Kier alpha value is -3.85. The van der Waals surface area contributed by atoms with Crippen molar-refractivity contribution in [2.75, 3.05) is 12.0 Å². The zero-order valence-corrected chi connectivity index (χ0v) is 20.2. The minimum Gasteiger partial charge on any atom is -0.467 e.